The lowest BCUT2D eigenvalue weighted by atomic mass is 9.92. The Labute approximate surface area is 144 Å². The Morgan fingerprint density at radius 2 is 1.96 bits per heavy atom. The van der Waals surface area contributed by atoms with Gasteiger partial charge in [0, 0.05) is 13.1 Å². The van der Waals surface area contributed by atoms with Crippen LogP contribution in [0.1, 0.15) is 50.2 Å². The second-order valence-electron chi connectivity index (χ2n) is 6.70. The molecule has 5 nitrogen and oxygen atoms in total. The Kier molecular flexibility index (Phi) is 5.25. The third kappa shape index (κ3) is 3.35. The van der Waals surface area contributed by atoms with E-state index in [0.29, 0.717) is 24.4 Å². The number of carbonyl (C=O) groups excluding carboxylic acids is 1. The topological polar surface area (TPSA) is 66.5 Å². The number of aryl methyl sites for hydroxylation is 2. The van der Waals surface area contributed by atoms with Crippen molar-refractivity contribution in [1.29, 1.82) is 0 Å². The van der Waals surface area contributed by atoms with Crippen LogP contribution >= 0.6 is 0 Å². The second kappa shape index (κ2) is 7.23. The highest BCUT2D eigenvalue weighted by molar-refractivity contribution is 7.89. The van der Waals surface area contributed by atoms with Gasteiger partial charge in [-0.1, -0.05) is 13.0 Å². The molecule has 1 N–H and O–H groups in total. The van der Waals surface area contributed by atoms with Crippen LogP contribution in [-0.4, -0.2) is 37.8 Å². The summed E-state index contributed by atoms with van der Waals surface area (Å²) in [4.78, 5) is 12.6. The molecule has 24 heavy (non-hydrogen) atoms. The number of amides is 1. The number of rotatable bonds is 5. The first-order valence-electron chi connectivity index (χ1n) is 8.95. The Balaban J connectivity index is 1.85. The predicted molar refractivity (Wildman–Crippen MR) is 93.3 cm³/mol. The third-order valence-electron chi connectivity index (χ3n) is 4.98. The van der Waals surface area contributed by atoms with Crippen molar-refractivity contribution in [1.82, 2.24) is 9.62 Å². The number of hydrogen-bond acceptors (Lipinski definition) is 3. The van der Waals surface area contributed by atoms with Crippen molar-refractivity contribution in [2.45, 2.75) is 62.8 Å². The molecule has 1 heterocycles. The van der Waals surface area contributed by atoms with E-state index in [-0.39, 0.29) is 5.91 Å². The molecule has 1 fully saturated rings. The Morgan fingerprint density at radius 3 is 2.71 bits per heavy atom. The van der Waals surface area contributed by atoms with Gasteiger partial charge in [-0.25, -0.2) is 8.42 Å². The molecule has 1 aliphatic carbocycles. The highest BCUT2D eigenvalue weighted by Crippen LogP contribution is 2.29. The summed E-state index contributed by atoms with van der Waals surface area (Å²) in [6, 6.07) is 4.91. The predicted octanol–water partition coefficient (Wildman–Crippen LogP) is 2.24. The van der Waals surface area contributed by atoms with E-state index in [1.165, 1.54) is 16.3 Å². The lowest BCUT2D eigenvalue weighted by Crippen LogP contribution is -2.46. The molecule has 6 heteroatoms. The molecule has 1 unspecified atom stereocenters. The highest BCUT2D eigenvalue weighted by Gasteiger charge is 2.39. The Bertz CT molecular complexity index is 715. The van der Waals surface area contributed by atoms with Gasteiger partial charge in [0.1, 0.15) is 6.04 Å². The minimum absolute atomic E-state index is 0.170. The second-order valence-corrected chi connectivity index (χ2v) is 8.59. The number of nitrogens with one attached hydrogen (secondary N) is 1. The molecule has 3 rings (SSSR count). The van der Waals surface area contributed by atoms with E-state index in [2.05, 4.69) is 5.32 Å². The molecule has 1 saturated heterocycles. The lowest BCUT2D eigenvalue weighted by Gasteiger charge is -2.24. The van der Waals surface area contributed by atoms with Crippen LogP contribution in [-0.2, 0) is 27.7 Å². The summed E-state index contributed by atoms with van der Waals surface area (Å²) < 4.78 is 27.5. The molecule has 0 radical (unpaired) electrons. The molecule has 1 atom stereocenters. The van der Waals surface area contributed by atoms with Crippen LogP contribution in [0.3, 0.4) is 0 Å². The van der Waals surface area contributed by atoms with Crippen LogP contribution < -0.4 is 5.32 Å². The molecule has 1 amide bonds. The van der Waals surface area contributed by atoms with Gasteiger partial charge in [-0.05, 0) is 68.2 Å². The summed E-state index contributed by atoms with van der Waals surface area (Å²) in [5.41, 5.74) is 2.41. The normalized spacial score (nSPS) is 21.5. The monoisotopic (exact) mass is 350 g/mol. The fraction of sp³-hybridized carbons (Fsp3) is 0.611. The van der Waals surface area contributed by atoms with Crippen molar-refractivity contribution in [2.24, 2.45) is 0 Å². The number of sulfonamides is 1. The maximum Gasteiger partial charge on any atom is 0.243 e. The summed E-state index contributed by atoms with van der Waals surface area (Å²) in [7, 11) is -3.62. The molecular formula is C18H26N2O3S. The maximum absolute atomic E-state index is 13.1. The van der Waals surface area contributed by atoms with Crippen LogP contribution in [0.5, 0.6) is 0 Å². The number of nitrogens with zero attached hydrogens (tertiary/aromatic N) is 1. The van der Waals surface area contributed by atoms with Crippen molar-refractivity contribution < 1.29 is 13.2 Å². The van der Waals surface area contributed by atoms with Crippen LogP contribution in [0.2, 0.25) is 0 Å². The fourth-order valence-corrected chi connectivity index (χ4v) is 5.37. The van der Waals surface area contributed by atoms with Crippen LogP contribution in [0, 0.1) is 0 Å². The summed E-state index contributed by atoms with van der Waals surface area (Å²) in [5, 5.41) is 2.83. The first kappa shape index (κ1) is 17.4. The molecule has 1 aromatic carbocycles. The highest BCUT2D eigenvalue weighted by atomic mass is 32.2. The minimum Gasteiger partial charge on any atom is -0.355 e. The molecule has 0 bridgehead atoms. The molecule has 0 aromatic heterocycles. The molecule has 1 aromatic rings. The van der Waals surface area contributed by atoms with Crippen molar-refractivity contribution in [3.8, 4) is 0 Å². The summed E-state index contributed by atoms with van der Waals surface area (Å²) in [5.74, 6) is -0.170. The van der Waals surface area contributed by atoms with Gasteiger partial charge in [0.15, 0.2) is 0 Å². The van der Waals surface area contributed by atoms with E-state index in [9.17, 15) is 13.2 Å². The molecule has 132 valence electrons. The zero-order chi connectivity index (χ0) is 17.2. The van der Waals surface area contributed by atoms with Crippen molar-refractivity contribution in [3.05, 3.63) is 29.3 Å². The lowest BCUT2D eigenvalue weighted by molar-refractivity contribution is -0.124. The summed E-state index contributed by atoms with van der Waals surface area (Å²) in [6.07, 6.45) is 6.43. The molecule has 2 aliphatic rings. The first-order chi connectivity index (χ1) is 11.5. The van der Waals surface area contributed by atoms with Crippen LogP contribution in [0.15, 0.2) is 23.1 Å². The Hall–Kier alpha value is -1.40. The van der Waals surface area contributed by atoms with Gasteiger partial charge < -0.3 is 5.32 Å². The minimum atomic E-state index is -3.62. The van der Waals surface area contributed by atoms with Gasteiger partial charge in [-0.15, -0.1) is 0 Å². The quantitative estimate of drug-likeness (QED) is 0.886. The molecule has 1 aliphatic heterocycles. The van der Waals surface area contributed by atoms with Gasteiger partial charge >= 0.3 is 0 Å². The van der Waals surface area contributed by atoms with Gasteiger partial charge in [0.25, 0.3) is 0 Å². The zero-order valence-electron chi connectivity index (χ0n) is 14.3. The SMILES string of the molecule is CCCNC(=O)C1CCCN1S(=O)(=O)c1ccc2c(c1)CCCC2. The largest absolute Gasteiger partial charge is 0.355 e. The summed E-state index contributed by atoms with van der Waals surface area (Å²) in [6.45, 7) is 2.99. The number of carbonyl (C=O) groups is 1. The van der Waals surface area contributed by atoms with E-state index in [4.69, 9.17) is 0 Å². The third-order valence-corrected chi connectivity index (χ3v) is 6.89. The average molecular weight is 350 g/mol. The smallest absolute Gasteiger partial charge is 0.243 e. The van der Waals surface area contributed by atoms with Crippen molar-refractivity contribution >= 4 is 15.9 Å². The van der Waals surface area contributed by atoms with E-state index in [0.717, 1.165) is 37.7 Å². The number of fused-ring (bicyclic) bond motifs is 1. The standard InChI is InChI=1S/C18H26N2O3S/c1-2-11-19-18(21)17-8-5-12-20(17)24(22,23)16-10-9-14-6-3-4-7-15(14)13-16/h9-10,13,17H,2-8,11-12H2,1H3,(H,19,21). The molecule has 0 saturated carbocycles. The van der Waals surface area contributed by atoms with Crippen LogP contribution in [0.25, 0.3) is 0 Å². The number of benzene rings is 1. The Morgan fingerprint density at radius 1 is 1.21 bits per heavy atom. The van der Waals surface area contributed by atoms with Gasteiger partial charge in [-0.3, -0.25) is 4.79 Å². The molecular weight excluding hydrogens is 324 g/mol. The molecule has 0 spiro atoms. The van der Waals surface area contributed by atoms with E-state index >= 15 is 0 Å². The maximum atomic E-state index is 13.1. The van der Waals surface area contributed by atoms with Gasteiger partial charge in [0.2, 0.25) is 15.9 Å². The average Bonchev–Trinajstić information content (AvgIpc) is 3.10. The summed E-state index contributed by atoms with van der Waals surface area (Å²) >= 11 is 0. The first-order valence-corrected chi connectivity index (χ1v) is 10.4. The van der Waals surface area contributed by atoms with E-state index < -0.39 is 16.1 Å². The van der Waals surface area contributed by atoms with E-state index in [1.807, 2.05) is 19.1 Å². The van der Waals surface area contributed by atoms with Gasteiger partial charge in [-0.2, -0.15) is 4.31 Å². The number of hydrogen-bond donors (Lipinski definition) is 1. The van der Waals surface area contributed by atoms with Crippen molar-refractivity contribution in [3.63, 3.8) is 0 Å². The van der Waals surface area contributed by atoms with Crippen molar-refractivity contribution in [2.75, 3.05) is 13.1 Å². The van der Waals surface area contributed by atoms with E-state index in [1.54, 1.807) is 6.07 Å². The van der Waals surface area contributed by atoms with Gasteiger partial charge in [0.05, 0.1) is 4.90 Å². The van der Waals surface area contributed by atoms with Crippen LogP contribution in [0.4, 0.5) is 0 Å². The fourth-order valence-electron chi connectivity index (χ4n) is 3.66. The zero-order valence-corrected chi connectivity index (χ0v) is 15.1.